The van der Waals surface area contributed by atoms with Crippen molar-refractivity contribution in [2.24, 2.45) is 10.9 Å². The van der Waals surface area contributed by atoms with Crippen LogP contribution in [0.15, 0.2) is 5.16 Å². The highest BCUT2D eigenvalue weighted by Crippen LogP contribution is 2.27. The molecular formula is C14H23N5O. The van der Waals surface area contributed by atoms with E-state index in [2.05, 4.69) is 27.2 Å². The molecule has 1 aliphatic rings. The van der Waals surface area contributed by atoms with Crippen LogP contribution in [0.3, 0.4) is 0 Å². The van der Waals surface area contributed by atoms with Crippen molar-refractivity contribution in [3.8, 4) is 0 Å². The van der Waals surface area contributed by atoms with Gasteiger partial charge in [0, 0.05) is 12.6 Å². The summed E-state index contributed by atoms with van der Waals surface area (Å²) < 4.78 is 0. The minimum Gasteiger partial charge on any atom is -0.409 e. The smallest absolute Gasteiger partial charge is 0.174 e. The molecule has 1 fully saturated rings. The Morgan fingerprint density at radius 1 is 1.30 bits per heavy atom. The van der Waals surface area contributed by atoms with Crippen LogP contribution in [0, 0.1) is 13.8 Å². The van der Waals surface area contributed by atoms with Gasteiger partial charge in [-0.2, -0.15) is 5.10 Å². The number of aryl methyl sites for hydroxylation is 1. The number of hydrogen-bond acceptors (Lipinski definition) is 5. The highest BCUT2D eigenvalue weighted by atomic mass is 16.4. The van der Waals surface area contributed by atoms with Gasteiger partial charge in [-0.25, -0.2) is 0 Å². The maximum absolute atomic E-state index is 9.04. The van der Waals surface area contributed by atoms with E-state index in [4.69, 9.17) is 10.9 Å². The molecule has 0 saturated carbocycles. The fraction of sp³-hybridized carbons (Fsp3) is 0.643. The Labute approximate surface area is 119 Å². The number of oxime groups is 1. The molecule has 0 aliphatic carbocycles. The molecule has 0 radical (unpaired) electrons. The quantitative estimate of drug-likeness (QED) is 0.373. The molecule has 1 aromatic rings. The summed E-state index contributed by atoms with van der Waals surface area (Å²) in [6.07, 6.45) is 4.73. The lowest BCUT2D eigenvalue weighted by Gasteiger charge is -2.30. The van der Waals surface area contributed by atoms with E-state index < -0.39 is 0 Å². The first-order valence-electron chi connectivity index (χ1n) is 7.14. The summed E-state index contributed by atoms with van der Waals surface area (Å²) in [5.41, 5.74) is 8.29. The summed E-state index contributed by atoms with van der Waals surface area (Å²) in [5.74, 6) is 0.838. The van der Waals surface area contributed by atoms with E-state index in [1.165, 1.54) is 12.8 Å². The second-order valence-corrected chi connectivity index (χ2v) is 5.49. The minimum absolute atomic E-state index is 0.104. The van der Waals surface area contributed by atoms with Crippen molar-refractivity contribution in [1.82, 2.24) is 10.2 Å². The molecule has 1 unspecified atom stereocenters. The lowest BCUT2D eigenvalue weighted by Crippen LogP contribution is -2.36. The summed E-state index contributed by atoms with van der Waals surface area (Å²) in [6.45, 7) is 6.94. The Morgan fingerprint density at radius 3 is 2.75 bits per heavy atom. The first-order chi connectivity index (χ1) is 9.56. The van der Waals surface area contributed by atoms with Crippen LogP contribution in [-0.4, -0.2) is 33.8 Å². The Kier molecular flexibility index (Phi) is 4.42. The number of amidine groups is 1. The normalized spacial score (nSPS) is 20.9. The Bertz CT molecular complexity index is 515. The summed E-state index contributed by atoms with van der Waals surface area (Å²) in [6, 6.07) is 0.388. The molecule has 0 spiro atoms. The van der Waals surface area contributed by atoms with E-state index in [0.29, 0.717) is 11.6 Å². The number of anilines is 1. The SMILES string of the molecule is Cc1nnc(N2CCCCCC2C)c(C(N)=NO)c1C. The van der Waals surface area contributed by atoms with Gasteiger partial charge in [-0.15, -0.1) is 5.10 Å². The molecular weight excluding hydrogens is 254 g/mol. The lowest BCUT2D eigenvalue weighted by molar-refractivity contribution is 0.318. The first-order valence-corrected chi connectivity index (χ1v) is 7.14. The number of aromatic nitrogens is 2. The molecule has 2 rings (SSSR count). The monoisotopic (exact) mass is 277 g/mol. The maximum Gasteiger partial charge on any atom is 0.174 e. The van der Waals surface area contributed by atoms with Crippen molar-refractivity contribution in [2.75, 3.05) is 11.4 Å². The van der Waals surface area contributed by atoms with E-state index in [-0.39, 0.29) is 5.84 Å². The average molecular weight is 277 g/mol. The predicted octanol–water partition coefficient (Wildman–Crippen LogP) is 1.96. The molecule has 2 heterocycles. The first kappa shape index (κ1) is 14.6. The molecule has 3 N–H and O–H groups in total. The molecule has 6 nitrogen and oxygen atoms in total. The topological polar surface area (TPSA) is 87.6 Å². The molecule has 110 valence electrons. The third-order valence-corrected chi connectivity index (χ3v) is 4.12. The van der Waals surface area contributed by atoms with Crippen LogP contribution in [0.2, 0.25) is 0 Å². The van der Waals surface area contributed by atoms with E-state index in [9.17, 15) is 0 Å². The highest BCUT2D eigenvalue weighted by Gasteiger charge is 2.25. The van der Waals surface area contributed by atoms with E-state index in [1.807, 2.05) is 13.8 Å². The van der Waals surface area contributed by atoms with E-state index >= 15 is 0 Å². The van der Waals surface area contributed by atoms with Crippen LogP contribution < -0.4 is 10.6 Å². The standard InChI is InChI=1S/C14H23N5O/c1-9-7-5-4-6-8-19(9)14-12(13(15)18-20)10(2)11(3)16-17-14/h9,20H,4-8H2,1-3H3,(H2,15,18). The summed E-state index contributed by atoms with van der Waals surface area (Å²) >= 11 is 0. The van der Waals surface area contributed by atoms with Gasteiger partial charge in [0.05, 0.1) is 11.3 Å². The Balaban J connectivity index is 2.52. The number of nitrogens with two attached hydrogens (primary N) is 1. The zero-order chi connectivity index (χ0) is 14.7. The fourth-order valence-corrected chi connectivity index (χ4v) is 2.74. The summed E-state index contributed by atoms with van der Waals surface area (Å²) in [5, 5.41) is 20.7. The zero-order valence-corrected chi connectivity index (χ0v) is 12.4. The van der Waals surface area contributed by atoms with Gasteiger partial charge in [0.1, 0.15) is 0 Å². The van der Waals surface area contributed by atoms with Crippen LogP contribution in [-0.2, 0) is 0 Å². The zero-order valence-electron chi connectivity index (χ0n) is 12.4. The van der Waals surface area contributed by atoms with Gasteiger partial charge in [0.25, 0.3) is 0 Å². The molecule has 0 aromatic carbocycles. The fourth-order valence-electron chi connectivity index (χ4n) is 2.74. The molecule has 0 bridgehead atoms. The minimum atomic E-state index is 0.104. The van der Waals surface area contributed by atoms with Crippen LogP contribution in [0.5, 0.6) is 0 Å². The molecule has 6 heteroatoms. The summed E-state index contributed by atoms with van der Waals surface area (Å²) in [4.78, 5) is 2.24. The van der Waals surface area contributed by atoms with Gasteiger partial charge in [-0.3, -0.25) is 0 Å². The molecule has 0 amide bonds. The van der Waals surface area contributed by atoms with Gasteiger partial charge in [0.2, 0.25) is 0 Å². The molecule has 1 aromatic heterocycles. The van der Waals surface area contributed by atoms with Crippen molar-refractivity contribution in [3.63, 3.8) is 0 Å². The highest BCUT2D eigenvalue weighted by molar-refractivity contribution is 6.02. The van der Waals surface area contributed by atoms with Crippen LogP contribution in [0.4, 0.5) is 5.82 Å². The maximum atomic E-state index is 9.04. The van der Waals surface area contributed by atoms with Crippen LogP contribution in [0.25, 0.3) is 0 Å². The van der Waals surface area contributed by atoms with Gasteiger partial charge >= 0.3 is 0 Å². The average Bonchev–Trinajstić information content (AvgIpc) is 2.65. The third-order valence-electron chi connectivity index (χ3n) is 4.12. The van der Waals surface area contributed by atoms with Gasteiger partial charge in [-0.1, -0.05) is 18.0 Å². The Hall–Kier alpha value is -1.85. The number of hydrogen-bond donors (Lipinski definition) is 2. The van der Waals surface area contributed by atoms with E-state index in [1.54, 1.807) is 0 Å². The predicted molar refractivity (Wildman–Crippen MR) is 79.3 cm³/mol. The van der Waals surface area contributed by atoms with Gasteiger partial charge < -0.3 is 15.8 Å². The van der Waals surface area contributed by atoms with E-state index in [0.717, 1.165) is 36.5 Å². The molecule has 1 saturated heterocycles. The largest absolute Gasteiger partial charge is 0.409 e. The van der Waals surface area contributed by atoms with Crippen molar-refractivity contribution >= 4 is 11.7 Å². The van der Waals surface area contributed by atoms with Crippen LogP contribution in [0.1, 0.15) is 49.4 Å². The third kappa shape index (κ3) is 2.69. The van der Waals surface area contributed by atoms with Gasteiger partial charge in [-0.05, 0) is 39.2 Å². The molecule has 20 heavy (non-hydrogen) atoms. The number of rotatable bonds is 2. The van der Waals surface area contributed by atoms with Crippen LogP contribution >= 0.6 is 0 Å². The van der Waals surface area contributed by atoms with Crippen molar-refractivity contribution < 1.29 is 5.21 Å². The molecule has 1 atom stereocenters. The second-order valence-electron chi connectivity index (χ2n) is 5.49. The number of nitrogens with zero attached hydrogens (tertiary/aromatic N) is 4. The summed E-state index contributed by atoms with van der Waals surface area (Å²) in [7, 11) is 0. The second kappa shape index (κ2) is 6.07. The molecule has 1 aliphatic heterocycles. The Morgan fingerprint density at radius 2 is 2.05 bits per heavy atom. The van der Waals surface area contributed by atoms with Crippen molar-refractivity contribution in [1.29, 1.82) is 0 Å². The van der Waals surface area contributed by atoms with Gasteiger partial charge in [0.15, 0.2) is 11.7 Å². The lowest BCUT2D eigenvalue weighted by atomic mass is 10.1. The van der Waals surface area contributed by atoms with Crippen molar-refractivity contribution in [3.05, 3.63) is 16.8 Å². The van der Waals surface area contributed by atoms with Crippen molar-refractivity contribution in [2.45, 2.75) is 52.5 Å².